The summed E-state index contributed by atoms with van der Waals surface area (Å²) in [6, 6.07) is 8.60. The van der Waals surface area contributed by atoms with E-state index in [0.717, 1.165) is 26.1 Å². The van der Waals surface area contributed by atoms with Gasteiger partial charge in [0, 0.05) is 29.7 Å². The fourth-order valence-corrected chi connectivity index (χ4v) is 2.46. The Morgan fingerprint density at radius 1 is 1.22 bits per heavy atom. The molecule has 2 rings (SSSR count). The van der Waals surface area contributed by atoms with E-state index in [2.05, 4.69) is 54.2 Å². The number of hydrogen-bond donors (Lipinski definition) is 2. The number of aromatic amines is 1. The van der Waals surface area contributed by atoms with Crippen LogP contribution in [0.25, 0.3) is 10.9 Å². The van der Waals surface area contributed by atoms with Gasteiger partial charge in [-0.3, -0.25) is 0 Å². The normalized spacial score (nSPS) is 13.3. The minimum Gasteiger partial charge on any atom is -0.361 e. The predicted molar refractivity (Wildman–Crippen MR) is 77.8 cm³/mol. The second-order valence-corrected chi connectivity index (χ2v) is 4.81. The van der Waals surface area contributed by atoms with Crippen LogP contribution in [0.4, 0.5) is 0 Å². The summed E-state index contributed by atoms with van der Waals surface area (Å²) in [7, 11) is 0. The fourth-order valence-electron chi connectivity index (χ4n) is 2.46. The highest BCUT2D eigenvalue weighted by molar-refractivity contribution is 5.83. The number of H-pyrrole nitrogens is 1. The van der Waals surface area contributed by atoms with Gasteiger partial charge in [-0.25, -0.2) is 0 Å². The van der Waals surface area contributed by atoms with Crippen LogP contribution in [-0.2, 0) is 6.42 Å². The van der Waals surface area contributed by atoms with Gasteiger partial charge in [-0.05, 0) is 31.1 Å². The van der Waals surface area contributed by atoms with E-state index in [9.17, 15) is 0 Å². The lowest BCUT2D eigenvalue weighted by Gasteiger charge is -2.22. The van der Waals surface area contributed by atoms with Crippen LogP contribution in [0, 0.1) is 0 Å². The molecule has 1 heterocycles. The van der Waals surface area contributed by atoms with Crippen molar-refractivity contribution in [1.82, 2.24) is 9.88 Å². The topological polar surface area (TPSA) is 45.0 Å². The molecule has 0 amide bonds. The van der Waals surface area contributed by atoms with Crippen LogP contribution in [0.5, 0.6) is 0 Å². The maximum absolute atomic E-state index is 6.25. The number of benzene rings is 1. The van der Waals surface area contributed by atoms with Gasteiger partial charge in [0.05, 0.1) is 0 Å². The van der Waals surface area contributed by atoms with E-state index < -0.39 is 0 Å². The summed E-state index contributed by atoms with van der Waals surface area (Å²) in [6.07, 6.45) is 3.02. The average Bonchev–Trinajstić information content (AvgIpc) is 2.79. The summed E-state index contributed by atoms with van der Waals surface area (Å²) in [6.45, 7) is 7.46. The van der Waals surface area contributed by atoms with Gasteiger partial charge in [-0.1, -0.05) is 32.0 Å². The second kappa shape index (κ2) is 6.03. The standard InChI is InChI=1S/C15H23N3/c1-3-18(4-2)11-13(16)9-12-10-17-15-8-6-5-7-14(12)15/h5-8,10,13,17H,3-4,9,11,16H2,1-2H3/t13-/m0/s1. The number of fused-ring (bicyclic) bond motifs is 1. The van der Waals surface area contributed by atoms with Crippen LogP contribution in [0.2, 0.25) is 0 Å². The van der Waals surface area contributed by atoms with E-state index in [-0.39, 0.29) is 6.04 Å². The third-order valence-electron chi connectivity index (χ3n) is 3.54. The van der Waals surface area contributed by atoms with Crippen LogP contribution in [0.15, 0.2) is 30.5 Å². The van der Waals surface area contributed by atoms with E-state index in [4.69, 9.17) is 5.73 Å². The molecule has 1 aromatic heterocycles. The summed E-state index contributed by atoms with van der Waals surface area (Å²) < 4.78 is 0. The molecule has 0 fully saturated rings. The lowest BCUT2D eigenvalue weighted by Crippen LogP contribution is -2.38. The van der Waals surface area contributed by atoms with Gasteiger partial charge in [0.1, 0.15) is 0 Å². The monoisotopic (exact) mass is 245 g/mol. The number of nitrogens with zero attached hydrogens (tertiary/aromatic N) is 1. The van der Waals surface area contributed by atoms with E-state index in [0.29, 0.717) is 0 Å². The largest absolute Gasteiger partial charge is 0.361 e. The zero-order valence-electron chi connectivity index (χ0n) is 11.3. The smallest absolute Gasteiger partial charge is 0.0456 e. The summed E-state index contributed by atoms with van der Waals surface area (Å²) in [5.74, 6) is 0. The first-order valence-electron chi connectivity index (χ1n) is 6.77. The van der Waals surface area contributed by atoms with Crippen LogP contribution in [0.1, 0.15) is 19.4 Å². The number of nitrogens with two attached hydrogens (primary N) is 1. The Balaban J connectivity index is 2.04. The van der Waals surface area contributed by atoms with Crippen LogP contribution < -0.4 is 5.73 Å². The molecule has 1 atom stereocenters. The number of hydrogen-bond acceptors (Lipinski definition) is 2. The highest BCUT2D eigenvalue weighted by atomic mass is 15.1. The molecule has 0 aliphatic rings. The van der Waals surface area contributed by atoms with Gasteiger partial charge in [0.25, 0.3) is 0 Å². The minimum absolute atomic E-state index is 0.198. The summed E-state index contributed by atoms with van der Waals surface area (Å²) in [5.41, 5.74) is 8.77. The Morgan fingerprint density at radius 2 is 1.94 bits per heavy atom. The van der Waals surface area contributed by atoms with Crippen LogP contribution in [-0.4, -0.2) is 35.6 Å². The molecule has 3 nitrogen and oxygen atoms in total. The lowest BCUT2D eigenvalue weighted by atomic mass is 10.1. The van der Waals surface area contributed by atoms with Crippen molar-refractivity contribution in [2.45, 2.75) is 26.3 Å². The quantitative estimate of drug-likeness (QED) is 0.820. The summed E-state index contributed by atoms with van der Waals surface area (Å²) in [5, 5.41) is 1.30. The van der Waals surface area contributed by atoms with Crippen molar-refractivity contribution in [3.63, 3.8) is 0 Å². The van der Waals surface area contributed by atoms with Crippen molar-refractivity contribution in [3.8, 4) is 0 Å². The number of nitrogens with one attached hydrogen (secondary N) is 1. The molecule has 0 aliphatic heterocycles. The molecule has 2 aromatic rings. The molecule has 0 saturated heterocycles. The molecule has 3 N–H and O–H groups in total. The van der Waals surface area contributed by atoms with E-state index in [1.165, 1.54) is 16.5 Å². The van der Waals surface area contributed by atoms with E-state index >= 15 is 0 Å². The van der Waals surface area contributed by atoms with Crippen LogP contribution in [0.3, 0.4) is 0 Å². The minimum atomic E-state index is 0.198. The average molecular weight is 245 g/mol. The Labute approximate surface area is 109 Å². The first kappa shape index (κ1) is 13.1. The van der Waals surface area contributed by atoms with Crippen molar-refractivity contribution >= 4 is 10.9 Å². The van der Waals surface area contributed by atoms with Gasteiger partial charge in [0.2, 0.25) is 0 Å². The van der Waals surface area contributed by atoms with E-state index in [1.807, 2.05) is 0 Å². The Bertz CT molecular complexity index is 485. The zero-order valence-corrected chi connectivity index (χ0v) is 11.3. The number of likely N-dealkylation sites (N-methyl/N-ethyl adjacent to an activating group) is 1. The third kappa shape index (κ3) is 2.92. The molecule has 1 aromatic carbocycles. The third-order valence-corrected chi connectivity index (χ3v) is 3.54. The molecule has 0 radical (unpaired) electrons. The first-order chi connectivity index (χ1) is 8.74. The van der Waals surface area contributed by atoms with Crippen molar-refractivity contribution in [1.29, 1.82) is 0 Å². The van der Waals surface area contributed by atoms with Crippen molar-refractivity contribution in [2.24, 2.45) is 5.73 Å². The molecule has 0 unspecified atom stereocenters. The molecule has 3 heteroatoms. The maximum Gasteiger partial charge on any atom is 0.0456 e. The van der Waals surface area contributed by atoms with Crippen LogP contribution >= 0.6 is 0 Å². The first-order valence-corrected chi connectivity index (χ1v) is 6.77. The Kier molecular flexibility index (Phi) is 4.39. The van der Waals surface area contributed by atoms with Gasteiger partial charge >= 0.3 is 0 Å². The van der Waals surface area contributed by atoms with Gasteiger partial charge < -0.3 is 15.6 Å². The highest BCUT2D eigenvalue weighted by Gasteiger charge is 2.11. The molecular weight excluding hydrogens is 222 g/mol. The summed E-state index contributed by atoms with van der Waals surface area (Å²) >= 11 is 0. The predicted octanol–water partition coefficient (Wildman–Crippen LogP) is 2.38. The number of rotatable bonds is 6. The van der Waals surface area contributed by atoms with Gasteiger partial charge in [-0.15, -0.1) is 0 Å². The molecular formula is C15H23N3. The van der Waals surface area contributed by atoms with E-state index in [1.54, 1.807) is 0 Å². The zero-order chi connectivity index (χ0) is 13.0. The molecule has 0 saturated carbocycles. The Hall–Kier alpha value is -1.32. The fraction of sp³-hybridized carbons (Fsp3) is 0.467. The molecule has 0 bridgehead atoms. The van der Waals surface area contributed by atoms with Crippen molar-refractivity contribution in [2.75, 3.05) is 19.6 Å². The lowest BCUT2D eigenvalue weighted by molar-refractivity contribution is 0.282. The molecule has 0 aliphatic carbocycles. The second-order valence-electron chi connectivity index (χ2n) is 4.81. The Morgan fingerprint density at radius 3 is 2.67 bits per heavy atom. The molecule has 0 spiro atoms. The summed E-state index contributed by atoms with van der Waals surface area (Å²) in [4.78, 5) is 5.68. The number of aromatic nitrogens is 1. The maximum atomic E-state index is 6.25. The van der Waals surface area contributed by atoms with Crippen molar-refractivity contribution in [3.05, 3.63) is 36.0 Å². The van der Waals surface area contributed by atoms with Gasteiger partial charge in [0.15, 0.2) is 0 Å². The number of para-hydroxylation sites is 1. The SMILES string of the molecule is CCN(CC)C[C@@H](N)Cc1c[nH]c2ccccc12. The highest BCUT2D eigenvalue weighted by Crippen LogP contribution is 2.18. The van der Waals surface area contributed by atoms with Crippen molar-refractivity contribution < 1.29 is 0 Å². The molecule has 98 valence electrons. The van der Waals surface area contributed by atoms with Gasteiger partial charge in [-0.2, -0.15) is 0 Å². The molecule has 18 heavy (non-hydrogen) atoms.